The van der Waals surface area contributed by atoms with Crippen LogP contribution in [0.1, 0.15) is 31.3 Å². The molecule has 0 atom stereocenters. The highest BCUT2D eigenvalue weighted by Gasteiger charge is 2.25. The molecule has 0 radical (unpaired) electrons. The third-order valence-electron chi connectivity index (χ3n) is 5.05. The maximum absolute atomic E-state index is 11.9. The number of hydrogen-bond donors (Lipinski definition) is 2. The van der Waals surface area contributed by atoms with Crippen LogP contribution < -0.4 is 5.32 Å². The first kappa shape index (κ1) is 19.3. The average molecular weight is 399 g/mol. The summed E-state index contributed by atoms with van der Waals surface area (Å²) in [6.07, 6.45) is 3.11. The quantitative estimate of drug-likeness (QED) is 0.656. The molecule has 0 bridgehead atoms. The Morgan fingerprint density at radius 1 is 1.31 bits per heavy atom. The van der Waals surface area contributed by atoms with Crippen molar-refractivity contribution >= 4 is 23.2 Å². The van der Waals surface area contributed by atoms with Crippen LogP contribution >= 0.6 is 0 Å². The highest BCUT2D eigenvalue weighted by molar-refractivity contribution is 5.74. The summed E-state index contributed by atoms with van der Waals surface area (Å²) in [5.74, 6) is 1.97. The van der Waals surface area contributed by atoms with Gasteiger partial charge in [0, 0.05) is 25.3 Å². The molecule has 4 rings (SSSR count). The zero-order valence-electron chi connectivity index (χ0n) is 16.4. The minimum Gasteiger partial charge on any atom is -0.462 e. The van der Waals surface area contributed by atoms with E-state index in [-0.39, 0.29) is 18.7 Å². The van der Waals surface area contributed by atoms with Crippen molar-refractivity contribution in [2.75, 3.05) is 25.0 Å². The van der Waals surface area contributed by atoms with Crippen molar-refractivity contribution in [3.63, 3.8) is 0 Å². The monoisotopic (exact) mass is 399 g/mol. The zero-order valence-corrected chi connectivity index (χ0v) is 16.4. The number of amides is 1. The molecule has 0 spiro atoms. The molecule has 0 aliphatic carbocycles. The molecule has 1 fully saturated rings. The molecule has 9 heteroatoms. The van der Waals surface area contributed by atoms with Crippen LogP contribution in [0.15, 0.2) is 34.9 Å². The van der Waals surface area contributed by atoms with Gasteiger partial charge >= 0.3 is 6.09 Å². The van der Waals surface area contributed by atoms with E-state index < -0.39 is 0 Å². The molecule has 0 aromatic carbocycles. The number of likely N-dealkylation sites (tertiary alicyclic amines) is 1. The minimum atomic E-state index is -0.250. The first-order chi connectivity index (χ1) is 14.2. The van der Waals surface area contributed by atoms with Gasteiger partial charge in [-0.15, -0.1) is 0 Å². The number of anilines is 1. The van der Waals surface area contributed by atoms with Gasteiger partial charge in [-0.2, -0.15) is 0 Å². The molecule has 1 saturated heterocycles. The fraction of sp³-hybridized carbons (Fsp3) is 0.450. The fourth-order valence-electron chi connectivity index (χ4n) is 3.57. The normalized spacial score (nSPS) is 15.0. The van der Waals surface area contributed by atoms with E-state index in [1.54, 1.807) is 17.2 Å². The standard InChI is InChI=1S/C20H25N5O4/c1-2-28-20(27)24-10-7-14(8-11-24)22-19-23-17-4-3-9-21-18(17)25(19)12-15-5-6-16(13-26)29-15/h3-6,9,14,26H,2,7-8,10-13H2,1H3,(H,22,23). The maximum Gasteiger partial charge on any atom is 0.409 e. The van der Waals surface area contributed by atoms with Gasteiger partial charge in [-0.25, -0.2) is 14.8 Å². The number of pyridine rings is 1. The SMILES string of the molecule is CCOC(=O)N1CCC(Nc2nc3cccnc3n2Cc2ccc(CO)o2)CC1. The Bertz CT molecular complexity index is 974. The predicted octanol–water partition coefficient (Wildman–Crippen LogP) is 2.60. The second-order valence-electron chi connectivity index (χ2n) is 7.00. The van der Waals surface area contributed by atoms with Gasteiger partial charge < -0.3 is 24.5 Å². The highest BCUT2D eigenvalue weighted by Crippen LogP contribution is 2.23. The van der Waals surface area contributed by atoms with Crippen molar-refractivity contribution in [1.29, 1.82) is 0 Å². The molecule has 1 amide bonds. The van der Waals surface area contributed by atoms with Gasteiger partial charge in [0.2, 0.25) is 5.95 Å². The molecule has 4 heterocycles. The third kappa shape index (κ3) is 4.19. The highest BCUT2D eigenvalue weighted by atomic mass is 16.6. The Hall–Kier alpha value is -3.07. The van der Waals surface area contributed by atoms with Crippen LogP contribution in [0.2, 0.25) is 0 Å². The molecule has 1 aliphatic heterocycles. The van der Waals surface area contributed by atoms with Crippen LogP contribution in [0.25, 0.3) is 11.2 Å². The number of carbonyl (C=O) groups is 1. The fourth-order valence-corrected chi connectivity index (χ4v) is 3.57. The lowest BCUT2D eigenvalue weighted by molar-refractivity contribution is 0.0983. The van der Waals surface area contributed by atoms with Crippen molar-refractivity contribution in [2.45, 2.75) is 39.0 Å². The van der Waals surface area contributed by atoms with E-state index in [1.165, 1.54) is 0 Å². The maximum atomic E-state index is 11.9. The molecule has 0 saturated carbocycles. The number of nitrogens with zero attached hydrogens (tertiary/aromatic N) is 4. The van der Waals surface area contributed by atoms with E-state index in [4.69, 9.17) is 14.1 Å². The number of aliphatic hydroxyl groups is 1. The first-order valence-electron chi connectivity index (χ1n) is 9.86. The molecule has 1 aliphatic rings. The molecule has 154 valence electrons. The number of aliphatic hydroxyl groups excluding tert-OH is 1. The summed E-state index contributed by atoms with van der Waals surface area (Å²) in [7, 11) is 0. The van der Waals surface area contributed by atoms with Crippen molar-refractivity contribution in [3.8, 4) is 0 Å². The third-order valence-corrected chi connectivity index (χ3v) is 5.05. The molecule has 2 N–H and O–H groups in total. The number of aromatic nitrogens is 3. The number of rotatable bonds is 6. The van der Waals surface area contributed by atoms with Crippen LogP contribution in [0, 0.1) is 0 Å². The van der Waals surface area contributed by atoms with Gasteiger partial charge in [0.15, 0.2) is 5.65 Å². The number of piperidine rings is 1. The Morgan fingerprint density at radius 3 is 2.83 bits per heavy atom. The van der Waals surface area contributed by atoms with Crippen LogP contribution in [0.5, 0.6) is 0 Å². The number of imidazole rings is 1. The number of furan rings is 1. The lowest BCUT2D eigenvalue weighted by Crippen LogP contribution is -2.42. The molecular formula is C20H25N5O4. The number of carbonyl (C=O) groups excluding carboxylic acids is 1. The van der Waals surface area contributed by atoms with Crippen molar-refractivity contribution in [3.05, 3.63) is 42.0 Å². The van der Waals surface area contributed by atoms with Gasteiger partial charge in [0.1, 0.15) is 23.6 Å². The number of nitrogens with one attached hydrogen (secondary N) is 1. The second kappa shape index (κ2) is 8.52. The summed E-state index contributed by atoms with van der Waals surface area (Å²) in [6.45, 7) is 3.82. The largest absolute Gasteiger partial charge is 0.462 e. The molecule has 3 aromatic heterocycles. The smallest absolute Gasteiger partial charge is 0.409 e. The van der Waals surface area contributed by atoms with Crippen molar-refractivity contribution < 1.29 is 19.1 Å². The van der Waals surface area contributed by atoms with Crippen LogP contribution in [-0.2, 0) is 17.9 Å². The predicted molar refractivity (Wildman–Crippen MR) is 107 cm³/mol. The van der Waals surface area contributed by atoms with Gasteiger partial charge in [0.25, 0.3) is 0 Å². The summed E-state index contributed by atoms with van der Waals surface area (Å²) < 4.78 is 12.7. The van der Waals surface area contributed by atoms with E-state index in [0.717, 1.165) is 35.7 Å². The Labute approximate surface area is 168 Å². The van der Waals surface area contributed by atoms with Gasteiger partial charge in [-0.1, -0.05) is 0 Å². The molecular weight excluding hydrogens is 374 g/mol. The van der Waals surface area contributed by atoms with E-state index in [2.05, 4.69) is 10.3 Å². The van der Waals surface area contributed by atoms with Crippen molar-refractivity contribution in [1.82, 2.24) is 19.4 Å². The van der Waals surface area contributed by atoms with Crippen LogP contribution in [-0.4, -0.2) is 56.4 Å². The van der Waals surface area contributed by atoms with E-state index in [0.29, 0.717) is 32.0 Å². The van der Waals surface area contributed by atoms with Gasteiger partial charge in [-0.3, -0.25) is 4.57 Å². The Morgan fingerprint density at radius 2 is 2.10 bits per heavy atom. The van der Waals surface area contributed by atoms with Crippen LogP contribution in [0.4, 0.5) is 10.7 Å². The van der Waals surface area contributed by atoms with E-state index >= 15 is 0 Å². The molecule has 9 nitrogen and oxygen atoms in total. The van der Waals surface area contributed by atoms with Gasteiger partial charge in [0.05, 0.1) is 13.2 Å². The minimum absolute atomic E-state index is 0.132. The average Bonchev–Trinajstić information content (AvgIpc) is 3.34. The second-order valence-corrected chi connectivity index (χ2v) is 7.00. The van der Waals surface area contributed by atoms with E-state index in [9.17, 15) is 9.90 Å². The molecule has 29 heavy (non-hydrogen) atoms. The van der Waals surface area contributed by atoms with Gasteiger partial charge in [-0.05, 0) is 44.0 Å². The summed E-state index contributed by atoms with van der Waals surface area (Å²) >= 11 is 0. The van der Waals surface area contributed by atoms with E-state index in [1.807, 2.05) is 29.7 Å². The summed E-state index contributed by atoms with van der Waals surface area (Å²) in [4.78, 5) is 22.8. The lowest BCUT2D eigenvalue weighted by Gasteiger charge is -2.31. The van der Waals surface area contributed by atoms with Crippen molar-refractivity contribution in [2.24, 2.45) is 0 Å². The number of hydrogen-bond acceptors (Lipinski definition) is 7. The Kier molecular flexibility index (Phi) is 5.66. The summed E-state index contributed by atoms with van der Waals surface area (Å²) in [5.41, 5.74) is 1.56. The summed E-state index contributed by atoms with van der Waals surface area (Å²) in [6, 6.07) is 7.59. The molecule has 3 aromatic rings. The van der Waals surface area contributed by atoms with Crippen LogP contribution in [0.3, 0.4) is 0 Å². The topological polar surface area (TPSA) is 106 Å². The number of fused-ring (bicyclic) bond motifs is 1. The molecule has 0 unspecified atom stereocenters. The number of ether oxygens (including phenoxy) is 1. The lowest BCUT2D eigenvalue weighted by atomic mass is 10.1. The summed E-state index contributed by atoms with van der Waals surface area (Å²) in [5, 5.41) is 12.8. The zero-order chi connectivity index (χ0) is 20.2. The first-order valence-corrected chi connectivity index (χ1v) is 9.86. The Balaban J connectivity index is 1.51.